The van der Waals surface area contributed by atoms with Crippen LogP contribution in [0.3, 0.4) is 0 Å². The molecule has 0 aliphatic carbocycles. The summed E-state index contributed by atoms with van der Waals surface area (Å²) in [5, 5.41) is 11.8. The molecule has 0 saturated carbocycles. The molecule has 0 spiro atoms. The first-order valence-electron chi connectivity index (χ1n) is 19.3. The van der Waals surface area contributed by atoms with Gasteiger partial charge in [-0.25, -0.2) is 9.97 Å². The van der Waals surface area contributed by atoms with Crippen LogP contribution in [0.5, 0.6) is 0 Å². The molecule has 4 aromatic heterocycles. The van der Waals surface area contributed by atoms with Crippen molar-refractivity contribution in [2.75, 3.05) is 0 Å². The summed E-state index contributed by atoms with van der Waals surface area (Å²) in [4.78, 5) is 10.9. The third kappa shape index (κ3) is 4.34. The van der Waals surface area contributed by atoms with Gasteiger partial charge in [-0.1, -0.05) is 109 Å². The number of fused-ring (bicyclic) bond motifs is 13. The van der Waals surface area contributed by atoms with Gasteiger partial charge >= 0.3 is 0 Å². The molecule has 9 aromatic carbocycles. The molecule has 0 N–H and O–H groups in total. The fraction of sp³-hybridized carbons (Fsp3) is 0. The molecule has 4 heterocycles. The molecular weight excluding hydrogens is 697 g/mol. The van der Waals surface area contributed by atoms with Gasteiger partial charge in [-0.05, 0) is 94.3 Å². The number of rotatable bonds is 3. The third-order valence-corrected chi connectivity index (χ3v) is 11.9. The normalized spacial score (nSPS) is 12.2. The monoisotopic (exact) mass is 726 g/mol. The maximum absolute atomic E-state index is 6.26. The highest BCUT2D eigenvalue weighted by Crippen LogP contribution is 2.42. The molecule has 0 saturated heterocycles. The van der Waals surface area contributed by atoms with E-state index in [9.17, 15) is 0 Å². The third-order valence-electron chi connectivity index (χ3n) is 11.9. The van der Waals surface area contributed by atoms with Crippen LogP contribution in [0.2, 0.25) is 0 Å². The fourth-order valence-corrected chi connectivity index (χ4v) is 9.29. The molecule has 0 unspecified atom stereocenters. The smallest absolute Gasteiger partial charge is 0.165 e. The van der Waals surface area contributed by atoms with E-state index >= 15 is 0 Å². The summed E-state index contributed by atoms with van der Waals surface area (Å²) in [6, 6.07) is 64.9. The topological polar surface area (TPSA) is 48.8 Å². The van der Waals surface area contributed by atoms with Crippen molar-refractivity contribution in [3.05, 3.63) is 182 Å². The van der Waals surface area contributed by atoms with Crippen molar-refractivity contribution in [1.82, 2.24) is 19.1 Å². The maximum atomic E-state index is 6.26. The Kier molecular flexibility index (Phi) is 6.10. The molecule has 0 aliphatic rings. The number of nitrogens with zero attached hydrogens (tertiary/aromatic N) is 4. The fourth-order valence-electron chi connectivity index (χ4n) is 9.29. The number of para-hydroxylation sites is 4. The van der Waals surface area contributed by atoms with E-state index in [1.807, 2.05) is 30.3 Å². The lowest BCUT2D eigenvalue weighted by atomic mass is 10.0. The predicted molar refractivity (Wildman–Crippen MR) is 236 cm³/mol. The lowest BCUT2D eigenvalue weighted by Crippen LogP contribution is -2.04. The minimum Gasteiger partial charge on any atom is -0.456 e. The molecule has 0 aliphatic heterocycles. The predicted octanol–water partition coefficient (Wildman–Crippen LogP) is 13.7. The molecule has 13 aromatic rings. The van der Waals surface area contributed by atoms with Crippen LogP contribution in [0.1, 0.15) is 0 Å². The van der Waals surface area contributed by atoms with E-state index in [1.165, 1.54) is 48.7 Å². The molecule has 0 atom stereocenters. The molecule has 57 heavy (non-hydrogen) atoms. The van der Waals surface area contributed by atoms with Crippen LogP contribution in [0.25, 0.3) is 121 Å². The summed E-state index contributed by atoms with van der Waals surface area (Å²) in [5.74, 6) is 0.779. The molecule has 0 fully saturated rings. The first-order chi connectivity index (χ1) is 28.2. The average molecular weight is 727 g/mol. The summed E-state index contributed by atoms with van der Waals surface area (Å²) in [6.07, 6.45) is 0. The van der Waals surface area contributed by atoms with Crippen LogP contribution in [-0.2, 0) is 0 Å². The van der Waals surface area contributed by atoms with Crippen molar-refractivity contribution in [2.45, 2.75) is 0 Å². The quantitative estimate of drug-likeness (QED) is 0.182. The Balaban J connectivity index is 1.16. The van der Waals surface area contributed by atoms with Gasteiger partial charge in [0.05, 0.1) is 33.1 Å². The molecule has 264 valence electrons. The van der Waals surface area contributed by atoms with Crippen molar-refractivity contribution in [1.29, 1.82) is 0 Å². The van der Waals surface area contributed by atoms with E-state index in [0.29, 0.717) is 0 Å². The van der Waals surface area contributed by atoms with E-state index in [2.05, 4.69) is 161 Å². The van der Waals surface area contributed by atoms with Crippen LogP contribution in [0.4, 0.5) is 0 Å². The van der Waals surface area contributed by atoms with E-state index in [1.54, 1.807) is 0 Å². The van der Waals surface area contributed by atoms with Crippen molar-refractivity contribution < 1.29 is 4.42 Å². The van der Waals surface area contributed by atoms with Crippen molar-refractivity contribution in [3.8, 4) is 22.8 Å². The largest absolute Gasteiger partial charge is 0.456 e. The van der Waals surface area contributed by atoms with Crippen molar-refractivity contribution >= 4 is 98.1 Å². The zero-order chi connectivity index (χ0) is 37.2. The Labute approximate surface area is 325 Å². The van der Waals surface area contributed by atoms with E-state index < -0.39 is 0 Å². The Morgan fingerprint density at radius 3 is 1.93 bits per heavy atom. The number of aromatic nitrogens is 4. The molecule has 5 nitrogen and oxygen atoms in total. The van der Waals surface area contributed by atoms with E-state index in [4.69, 9.17) is 14.4 Å². The van der Waals surface area contributed by atoms with E-state index in [0.717, 1.165) is 72.2 Å². The minimum absolute atomic E-state index is 0.779. The molecule has 0 amide bonds. The molecule has 13 rings (SSSR count). The van der Waals surface area contributed by atoms with Gasteiger partial charge in [0.25, 0.3) is 0 Å². The number of hydrogen-bond donors (Lipinski definition) is 0. The lowest BCUT2D eigenvalue weighted by molar-refractivity contribution is 0.669. The van der Waals surface area contributed by atoms with E-state index in [-0.39, 0.29) is 0 Å². The Morgan fingerprint density at radius 2 is 1.05 bits per heavy atom. The first-order valence-corrected chi connectivity index (χ1v) is 19.3. The highest BCUT2D eigenvalue weighted by molar-refractivity contribution is 6.22. The van der Waals surface area contributed by atoms with Crippen LogP contribution in [-0.4, -0.2) is 19.1 Å². The number of furan rings is 1. The average Bonchev–Trinajstić information content (AvgIpc) is 3.92. The number of hydrogen-bond acceptors (Lipinski definition) is 3. The molecule has 0 radical (unpaired) electrons. The maximum Gasteiger partial charge on any atom is 0.165 e. The van der Waals surface area contributed by atoms with Crippen molar-refractivity contribution in [2.24, 2.45) is 0 Å². The Bertz CT molecular complexity index is 3830. The molecular formula is C52H30N4O. The molecule has 5 heteroatoms. The SMILES string of the molecule is c1ccc2cc3c(cc2c1)c1ccccc1n3-c1ccc2c3c4ccccc4ccc3n(-c3nc4ccccc4nc3-c3ccc4oc5ccccc5c4c3)c2c1. The second-order valence-corrected chi connectivity index (χ2v) is 15.0. The summed E-state index contributed by atoms with van der Waals surface area (Å²) < 4.78 is 11.0. The zero-order valence-corrected chi connectivity index (χ0v) is 30.5. The van der Waals surface area contributed by atoms with Crippen LogP contribution < -0.4 is 0 Å². The van der Waals surface area contributed by atoms with Gasteiger partial charge in [0.15, 0.2) is 5.82 Å². The van der Waals surface area contributed by atoms with Crippen LogP contribution in [0.15, 0.2) is 186 Å². The summed E-state index contributed by atoms with van der Waals surface area (Å²) >= 11 is 0. The second-order valence-electron chi connectivity index (χ2n) is 15.0. The number of benzene rings is 9. The molecule has 0 bridgehead atoms. The van der Waals surface area contributed by atoms with Crippen LogP contribution in [0, 0.1) is 0 Å². The summed E-state index contributed by atoms with van der Waals surface area (Å²) in [5.41, 5.74) is 10.8. The van der Waals surface area contributed by atoms with Gasteiger partial charge in [0, 0.05) is 43.6 Å². The zero-order valence-electron chi connectivity index (χ0n) is 30.5. The van der Waals surface area contributed by atoms with Gasteiger partial charge in [-0.15, -0.1) is 0 Å². The standard InChI is InChI=1S/C52H30N4O/c1-2-13-33-29-46-40(27-32(33)12-1)37-15-5-9-19-44(37)55(46)35-23-24-39-47(30-35)56(45-25-21-31-11-3-4-14-36(31)50(39)45)52-51(53-42-17-7-8-18-43(42)54-52)34-22-26-49-41(28-34)38-16-6-10-20-48(38)57-49/h1-30H. The summed E-state index contributed by atoms with van der Waals surface area (Å²) in [6.45, 7) is 0. The van der Waals surface area contributed by atoms with Gasteiger partial charge < -0.3 is 8.98 Å². The Morgan fingerprint density at radius 1 is 0.368 bits per heavy atom. The van der Waals surface area contributed by atoms with Gasteiger partial charge in [0.2, 0.25) is 0 Å². The van der Waals surface area contributed by atoms with Gasteiger partial charge in [-0.2, -0.15) is 0 Å². The van der Waals surface area contributed by atoms with Crippen molar-refractivity contribution in [3.63, 3.8) is 0 Å². The highest BCUT2D eigenvalue weighted by atomic mass is 16.3. The highest BCUT2D eigenvalue weighted by Gasteiger charge is 2.23. The summed E-state index contributed by atoms with van der Waals surface area (Å²) in [7, 11) is 0. The second kappa shape index (κ2) is 11.4. The Hall–Kier alpha value is -7.76. The first kappa shape index (κ1) is 30.6. The van der Waals surface area contributed by atoms with Gasteiger partial charge in [0.1, 0.15) is 16.9 Å². The van der Waals surface area contributed by atoms with Gasteiger partial charge in [-0.3, -0.25) is 4.57 Å². The minimum atomic E-state index is 0.779. The lowest BCUT2D eigenvalue weighted by Gasteiger charge is -2.15. The van der Waals surface area contributed by atoms with Crippen LogP contribution >= 0.6 is 0 Å².